The van der Waals surface area contributed by atoms with Gasteiger partial charge in [-0.25, -0.2) is 0 Å². The Labute approximate surface area is 272 Å². The Morgan fingerprint density at radius 2 is 1.60 bits per heavy atom. The SMILES string of the molecule is O.O=[P+]([O-])Oc1ccccc1Cl.[B]B([B])B([B])B(B([B])[B])B1C(CCCOCC(C)C)C1CCC[Si](C)(C)C(C)(C)C. The molecular formula is C24H44B10ClO5PSi. The van der Waals surface area contributed by atoms with Crippen LogP contribution in [0.1, 0.15) is 60.3 Å². The van der Waals surface area contributed by atoms with Crippen molar-refractivity contribution in [2.24, 2.45) is 5.92 Å². The average Bonchev–Trinajstić information content (AvgIpc) is 3.50. The molecule has 0 saturated carbocycles. The van der Waals surface area contributed by atoms with Gasteiger partial charge in [0.1, 0.15) is 0 Å². The minimum Gasteiger partial charge on any atom is -0.558 e. The van der Waals surface area contributed by atoms with Crippen LogP contribution in [-0.4, -0.2) is 97.6 Å². The molecule has 1 aliphatic heterocycles. The Balaban J connectivity index is 0.00000117. The first kappa shape index (κ1) is 42.2. The maximum Gasteiger partial charge on any atom is 0.539 e. The highest BCUT2D eigenvalue weighted by Crippen LogP contribution is 2.57. The van der Waals surface area contributed by atoms with Crippen molar-refractivity contribution in [3.05, 3.63) is 29.3 Å². The molecule has 42 heavy (non-hydrogen) atoms. The molecular weight excluding hydrogens is 571 g/mol. The van der Waals surface area contributed by atoms with E-state index in [1.807, 2.05) is 0 Å². The number of hydrogen-bond acceptors (Lipinski definition) is 4. The predicted molar refractivity (Wildman–Crippen MR) is 194 cm³/mol. The first-order valence-corrected chi connectivity index (χ1v) is 19.5. The highest BCUT2D eigenvalue weighted by Gasteiger charge is 2.57. The first-order chi connectivity index (χ1) is 18.9. The molecule has 0 aromatic heterocycles. The van der Waals surface area contributed by atoms with Gasteiger partial charge < -0.3 is 15.1 Å². The van der Waals surface area contributed by atoms with Gasteiger partial charge in [-0.3, -0.25) is 4.52 Å². The highest BCUT2D eigenvalue weighted by atomic mass is 35.5. The Morgan fingerprint density at radius 3 is 2.05 bits per heavy atom. The number of para-hydroxylation sites is 1. The number of hydrogen-bond donors (Lipinski definition) is 0. The Hall–Kier alpha value is 0.156. The lowest BCUT2D eigenvalue weighted by Gasteiger charge is -2.37. The van der Waals surface area contributed by atoms with Crippen LogP contribution in [-0.2, 0) is 9.30 Å². The number of ether oxygens (including phenoxy) is 1. The molecule has 1 aromatic carbocycles. The third-order valence-corrected chi connectivity index (χ3v) is 15.2. The zero-order valence-electron chi connectivity index (χ0n) is 26.7. The molecule has 0 bridgehead atoms. The molecule has 0 amide bonds. The molecule has 1 fully saturated rings. The van der Waals surface area contributed by atoms with Gasteiger partial charge in [0.15, 0.2) is 0 Å². The van der Waals surface area contributed by atoms with Gasteiger partial charge in [0, 0.05) is 77.4 Å². The fourth-order valence-corrected chi connectivity index (χ4v) is 7.76. The smallest absolute Gasteiger partial charge is 0.539 e. The van der Waals surface area contributed by atoms with Gasteiger partial charge in [-0.05, 0) is 34.1 Å². The molecule has 1 saturated heterocycles. The fraction of sp³-hybridized carbons (Fsp3) is 0.750. The van der Waals surface area contributed by atoms with Gasteiger partial charge in [0.2, 0.25) is 5.75 Å². The molecule has 2 N–H and O–H groups in total. The summed E-state index contributed by atoms with van der Waals surface area (Å²) in [5.74, 6) is 1.97. The summed E-state index contributed by atoms with van der Waals surface area (Å²) < 4.78 is 20.2. The monoisotopic (exact) mass is 616 g/mol. The molecule has 18 heteroatoms. The summed E-state index contributed by atoms with van der Waals surface area (Å²) in [6.45, 7) is 18.6. The van der Waals surface area contributed by atoms with Crippen LogP contribution in [0.2, 0.25) is 40.8 Å². The third-order valence-electron chi connectivity index (χ3n) is 8.83. The first-order valence-electron chi connectivity index (χ1n) is 14.8. The van der Waals surface area contributed by atoms with E-state index in [9.17, 15) is 9.46 Å². The Bertz CT molecular complexity index is 932. The van der Waals surface area contributed by atoms with E-state index in [1.165, 1.54) is 25.0 Å². The van der Waals surface area contributed by atoms with Gasteiger partial charge in [-0.1, -0.05) is 108 Å². The molecule has 1 aliphatic rings. The highest BCUT2D eigenvalue weighted by molar-refractivity contribution is 8.01. The molecule has 0 aliphatic carbocycles. The van der Waals surface area contributed by atoms with Crippen LogP contribution in [0, 0.1) is 5.92 Å². The van der Waals surface area contributed by atoms with Gasteiger partial charge in [-0.2, -0.15) is 0 Å². The van der Waals surface area contributed by atoms with Crippen LogP contribution in [0.5, 0.6) is 5.75 Å². The van der Waals surface area contributed by atoms with Crippen molar-refractivity contribution in [1.82, 2.24) is 0 Å². The summed E-state index contributed by atoms with van der Waals surface area (Å²) in [7, 11) is 26.4. The van der Waals surface area contributed by atoms with E-state index in [4.69, 9.17) is 55.0 Å². The molecule has 10 radical (unpaired) electrons. The number of benzene rings is 1. The summed E-state index contributed by atoms with van der Waals surface area (Å²) >= 11 is 5.58. The maximum atomic E-state index is 10.1. The van der Waals surface area contributed by atoms with E-state index in [-0.39, 0.29) is 29.0 Å². The minimum absolute atomic E-state index is 0. The van der Waals surface area contributed by atoms with E-state index in [2.05, 4.69) is 52.2 Å². The van der Waals surface area contributed by atoms with Crippen molar-refractivity contribution in [2.75, 3.05) is 13.2 Å². The van der Waals surface area contributed by atoms with Crippen LogP contribution in [0.4, 0.5) is 0 Å². The van der Waals surface area contributed by atoms with Crippen LogP contribution in [0.25, 0.3) is 0 Å². The predicted octanol–water partition coefficient (Wildman–Crippen LogP) is 3.51. The topological polar surface area (TPSA) is 90.1 Å². The van der Waals surface area contributed by atoms with Crippen molar-refractivity contribution < 1.29 is 24.2 Å². The van der Waals surface area contributed by atoms with Crippen LogP contribution in [0.15, 0.2) is 24.3 Å². The van der Waals surface area contributed by atoms with E-state index < -0.39 is 29.1 Å². The quantitative estimate of drug-likeness (QED) is 0.162. The van der Waals surface area contributed by atoms with Crippen molar-refractivity contribution >= 4 is 98.8 Å². The van der Waals surface area contributed by atoms with E-state index in [1.54, 1.807) is 18.2 Å². The molecule has 5 nitrogen and oxygen atoms in total. The summed E-state index contributed by atoms with van der Waals surface area (Å²) in [4.78, 5) is 10.1. The fourth-order valence-electron chi connectivity index (χ4n) is 5.38. The average molecular weight is 615 g/mol. The van der Waals surface area contributed by atoms with Crippen LogP contribution >= 0.6 is 19.9 Å². The third kappa shape index (κ3) is 14.5. The summed E-state index contributed by atoms with van der Waals surface area (Å²) in [6.07, 6.45) is 3.26. The van der Waals surface area contributed by atoms with Crippen molar-refractivity contribution in [2.45, 2.75) is 96.1 Å². The lowest BCUT2D eigenvalue weighted by Crippen LogP contribution is -2.63. The second kappa shape index (κ2) is 19.6. The normalized spacial score (nSPS) is 16.5. The largest absolute Gasteiger partial charge is 0.558 e. The molecule has 0 spiro atoms. The molecule has 216 valence electrons. The summed E-state index contributed by atoms with van der Waals surface area (Å²) in [6, 6.07) is 7.71. The zero-order chi connectivity index (χ0) is 31.5. The van der Waals surface area contributed by atoms with Crippen LogP contribution in [0.3, 0.4) is 0 Å². The maximum absolute atomic E-state index is 10.1. The lowest BCUT2D eigenvalue weighted by atomic mass is 8.57. The molecule has 3 atom stereocenters. The summed E-state index contributed by atoms with van der Waals surface area (Å²) in [5.41, 5.74) is 0. The van der Waals surface area contributed by atoms with Gasteiger partial charge >= 0.3 is 8.25 Å². The standard InChI is InChI=1S/C18H38B10OSi.C6H4ClO3P.H2O/c1-15(2)14-29-12-8-10-16-17(11-9-13-30(6,7)18(3,4)5)24(16)28(26(21)22)27(23)25(19)20;7-5-3-1-2-4-6(5)10-11(8)9;/h15-17H,8-14H2,1-7H3;1-4H;1H2. The molecule has 1 aromatic rings. The Morgan fingerprint density at radius 1 is 1.05 bits per heavy atom. The molecule has 3 unspecified atom stereocenters. The van der Waals surface area contributed by atoms with Gasteiger partial charge in [0.05, 0.1) is 19.7 Å². The van der Waals surface area contributed by atoms with Crippen LogP contribution < -0.4 is 9.42 Å². The second-order valence-corrected chi connectivity index (χ2v) is 20.4. The number of rotatable bonds is 16. The zero-order valence-corrected chi connectivity index (χ0v) is 29.4. The van der Waals surface area contributed by atoms with Crippen molar-refractivity contribution in [3.63, 3.8) is 0 Å². The van der Waals surface area contributed by atoms with Crippen molar-refractivity contribution in [3.8, 4) is 5.75 Å². The van der Waals surface area contributed by atoms with E-state index in [0.29, 0.717) is 29.2 Å². The van der Waals surface area contributed by atoms with Gasteiger partial charge in [-0.15, -0.1) is 0 Å². The molecule has 1 heterocycles. The summed E-state index contributed by atoms with van der Waals surface area (Å²) in [5, 5.41) is 0.714. The van der Waals surface area contributed by atoms with Crippen molar-refractivity contribution in [1.29, 1.82) is 0 Å². The van der Waals surface area contributed by atoms with E-state index >= 15 is 0 Å². The minimum atomic E-state index is -2.88. The molecule has 2 rings (SSSR count). The van der Waals surface area contributed by atoms with Gasteiger partial charge in [0.25, 0.3) is 0 Å². The second-order valence-electron chi connectivity index (χ2n) is 13.6. The Kier molecular flexibility index (Phi) is 19.7. The number of halogens is 1. The lowest BCUT2D eigenvalue weighted by molar-refractivity contribution is -0.178. The van der Waals surface area contributed by atoms with E-state index in [0.717, 1.165) is 26.1 Å².